The number of benzene rings is 2. The number of ether oxygens (including phenoxy) is 1. The molecule has 7 heteroatoms. The van der Waals surface area contributed by atoms with E-state index in [0.717, 1.165) is 11.3 Å². The normalized spacial score (nSPS) is 22.8. The lowest BCUT2D eigenvalue weighted by Gasteiger charge is -2.23. The van der Waals surface area contributed by atoms with Gasteiger partial charge >= 0.3 is 0 Å². The Morgan fingerprint density at radius 2 is 1.77 bits per heavy atom. The van der Waals surface area contributed by atoms with Crippen molar-refractivity contribution in [2.45, 2.75) is 16.7 Å². The zero-order valence-corrected chi connectivity index (χ0v) is 15.5. The standard InChI is InChI=1S/C19H20N2O4S/c1-20-17-6-4-3-5-16(17)19(18(20)22)11-12-21(13-19)26(23,24)15-9-7-14(25-2)8-10-15/h3-10H,11-13H2,1-2H3. The van der Waals surface area contributed by atoms with Crippen LogP contribution in [0.4, 0.5) is 5.69 Å². The average molecular weight is 372 g/mol. The molecule has 1 spiro atoms. The summed E-state index contributed by atoms with van der Waals surface area (Å²) in [6, 6.07) is 14.0. The number of nitrogens with zero attached hydrogens (tertiary/aromatic N) is 2. The monoisotopic (exact) mass is 372 g/mol. The van der Waals surface area contributed by atoms with Gasteiger partial charge in [0, 0.05) is 25.8 Å². The number of para-hydroxylation sites is 1. The summed E-state index contributed by atoms with van der Waals surface area (Å²) >= 11 is 0. The minimum Gasteiger partial charge on any atom is -0.497 e. The average Bonchev–Trinajstić information content (AvgIpc) is 3.21. The van der Waals surface area contributed by atoms with Crippen LogP contribution in [0.5, 0.6) is 5.75 Å². The molecule has 26 heavy (non-hydrogen) atoms. The molecule has 4 rings (SSSR count). The zero-order valence-electron chi connectivity index (χ0n) is 14.7. The van der Waals surface area contributed by atoms with E-state index in [-0.39, 0.29) is 17.3 Å². The second-order valence-corrected chi connectivity index (χ2v) is 8.67. The van der Waals surface area contributed by atoms with Crippen LogP contribution >= 0.6 is 0 Å². The van der Waals surface area contributed by atoms with Gasteiger partial charge in [0.1, 0.15) is 5.75 Å². The molecule has 1 unspecified atom stereocenters. The van der Waals surface area contributed by atoms with Gasteiger partial charge in [-0.05, 0) is 42.3 Å². The van der Waals surface area contributed by atoms with Crippen molar-refractivity contribution >= 4 is 21.6 Å². The Morgan fingerprint density at radius 3 is 2.46 bits per heavy atom. The molecule has 0 bridgehead atoms. The fourth-order valence-electron chi connectivity index (χ4n) is 3.99. The third-order valence-electron chi connectivity index (χ3n) is 5.43. The van der Waals surface area contributed by atoms with Crippen molar-refractivity contribution in [3.8, 4) is 5.75 Å². The van der Waals surface area contributed by atoms with Gasteiger partial charge < -0.3 is 9.64 Å². The van der Waals surface area contributed by atoms with E-state index in [9.17, 15) is 13.2 Å². The maximum absolute atomic E-state index is 13.0. The number of fused-ring (bicyclic) bond motifs is 2. The van der Waals surface area contributed by atoms with E-state index >= 15 is 0 Å². The molecule has 0 aromatic heterocycles. The number of hydrogen-bond donors (Lipinski definition) is 0. The molecule has 2 aromatic carbocycles. The largest absolute Gasteiger partial charge is 0.497 e. The van der Waals surface area contributed by atoms with Gasteiger partial charge in [-0.2, -0.15) is 4.31 Å². The van der Waals surface area contributed by atoms with Crippen molar-refractivity contribution in [2.24, 2.45) is 0 Å². The Bertz CT molecular complexity index is 971. The highest BCUT2D eigenvalue weighted by Gasteiger charge is 2.55. The molecular weight excluding hydrogens is 352 g/mol. The number of amides is 1. The number of carbonyl (C=O) groups excluding carboxylic acids is 1. The molecule has 1 amide bonds. The molecule has 1 fully saturated rings. The van der Waals surface area contributed by atoms with Gasteiger partial charge in [-0.15, -0.1) is 0 Å². The van der Waals surface area contributed by atoms with Gasteiger partial charge in [0.05, 0.1) is 17.4 Å². The van der Waals surface area contributed by atoms with Crippen LogP contribution in [0.25, 0.3) is 0 Å². The first-order chi connectivity index (χ1) is 12.4. The molecular formula is C19H20N2O4S. The molecule has 136 valence electrons. The first-order valence-electron chi connectivity index (χ1n) is 8.42. The van der Waals surface area contributed by atoms with Crippen molar-refractivity contribution in [3.63, 3.8) is 0 Å². The summed E-state index contributed by atoms with van der Waals surface area (Å²) in [7, 11) is -0.382. The summed E-state index contributed by atoms with van der Waals surface area (Å²) in [5, 5.41) is 0. The maximum atomic E-state index is 13.0. The maximum Gasteiger partial charge on any atom is 0.243 e. The molecule has 0 aliphatic carbocycles. The fourth-order valence-corrected chi connectivity index (χ4v) is 5.49. The van der Waals surface area contributed by atoms with Crippen LogP contribution in [-0.2, 0) is 20.2 Å². The summed E-state index contributed by atoms with van der Waals surface area (Å²) in [5.74, 6) is 0.564. The van der Waals surface area contributed by atoms with Crippen LogP contribution < -0.4 is 9.64 Å². The van der Waals surface area contributed by atoms with Crippen molar-refractivity contribution in [3.05, 3.63) is 54.1 Å². The number of sulfonamides is 1. The van der Waals surface area contributed by atoms with Crippen LogP contribution in [0, 0.1) is 0 Å². The first kappa shape index (κ1) is 17.1. The fraction of sp³-hybridized carbons (Fsp3) is 0.316. The van der Waals surface area contributed by atoms with Gasteiger partial charge in [-0.1, -0.05) is 18.2 Å². The van der Waals surface area contributed by atoms with E-state index in [1.807, 2.05) is 24.3 Å². The van der Waals surface area contributed by atoms with Crippen LogP contribution in [0.1, 0.15) is 12.0 Å². The van der Waals surface area contributed by atoms with E-state index in [1.165, 1.54) is 23.5 Å². The Labute approximate surface area is 153 Å². The van der Waals surface area contributed by atoms with Crippen molar-refractivity contribution in [2.75, 3.05) is 32.1 Å². The van der Waals surface area contributed by atoms with Crippen LogP contribution in [0.15, 0.2) is 53.4 Å². The predicted octanol–water partition coefficient (Wildman–Crippen LogP) is 2.00. The summed E-state index contributed by atoms with van der Waals surface area (Å²) in [4.78, 5) is 14.8. The number of likely N-dealkylation sites (N-methyl/N-ethyl adjacent to an activating group) is 1. The highest BCUT2D eigenvalue weighted by Crippen LogP contribution is 2.47. The van der Waals surface area contributed by atoms with E-state index in [2.05, 4.69) is 0 Å². The Kier molecular flexibility index (Phi) is 3.82. The third-order valence-corrected chi connectivity index (χ3v) is 7.29. The third kappa shape index (κ3) is 2.27. The summed E-state index contributed by atoms with van der Waals surface area (Å²) in [6.07, 6.45) is 0.489. The van der Waals surface area contributed by atoms with E-state index in [4.69, 9.17) is 4.74 Å². The van der Waals surface area contributed by atoms with Crippen LogP contribution in [-0.4, -0.2) is 45.9 Å². The topological polar surface area (TPSA) is 66.9 Å². The van der Waals surface area contributed by atoms with Crippen molar-refractivity contribution < 1.29 is 17.9 Å². The summed E-state index contributed by atoms with van der Waals surface area (Å²) < 4.78 is 32.6. The van der Waals surface area contributed by atoms with Crippen molar-refractivity contribution in [1.82, 2.24) is 4.31 Å². The van der Waals surface area contributed by atoms with Gasteiger partial charge in [0.25, 0.3) is 0 Å². The first-order valence-corrected chi connectivity index (χ1v) is 9.86. The van der Waals surface area contributed by atoms with Crippen molar-refractivity contribution in [1.29, 1.82) is 0 Å². The van der Waals surface area contributed by atoms with Gasteiger partial charge in [0.15, 0.2) is 0 Å². The van der Waals surface area contributed by atoms with Gasteiger partial charge in [-0.25, -0.2) is 8.42 Å². The summed E-state index contributed by atoms with van der Waals surface area (Å²) in [5.41, 5.74) is 0.992. The molecule has 2 heterocycles. The second kappa shape index (κ2) is 5.82. The zero-order chi connectivity index (χ0) is 18.5. The Balaban J connectivity index is 1.69. The number of methoxy groups -OCH3 is 1. The highest BCUT2D eigenvalue weighted by molar-refractivity contribution is 7.89. The van der Waals surface area contributed by atoms with E-state index < -0.39 is 15.4 Å². The SMILES string of the molecule is COc1ccc(S(=O)(=O)N2CCC3(C2)C(=O)N(C)c2ccccc23)cc1. The quantitative estimate of drug-likeness (QED) is 0.827. The predicted molar refractivity (Wildman–Crippen MR) is 97.9 cm³/mol. The molecule has 1 saturated heterocycles. The molecule has 2 aliphatic rings. The molecule has 2 aromatic rings. The summed E-state index contributed by atoms with van der Waals surface area (Å²) in [6.45, 7) is 0.490. The minimum atomic E-state index is -3.66. The molecule has 6 nitrogen and oxygen atoms in total. The molecule has 0 saturated carbocycles. The second-order valence-electron chi connectivity index (χ2n) is 6.73. The van der Waals surface area contributed by atoms with E-state index in [0.29, 0.717) is 18.7 Å². The van der Waals surface area contributed by atoms with Gasteiger partial charge in [-0.3, -0.25) is 4.79 Å². The smallest absolute Gasteiger partial charge is 0.243 e. The molecule has 1 atom stereocenters. The van der Waals surface area contributed by atoms with E-state index in [1.54, 1.807) is 24.1 Å². The van der Waals surface area contributed by atoms with Gasteiger partial charge in [0.2, 0.25) is 15.9 Å². The lowest BCUT2D eigenvalue weighted by Crippen LogP contribution is -2.42. The Hall–Kier alpha value is -2.38. The molecule has 0 radical (unpaired) electrons. The minimum absolute atomic E-state index is 0.0360. The molecule has 0 N–H and O–H groups in total. The molecule has 2 aliphatic heterocycles. The highest BCUT2D eigenvalue weighted by atomic mass is 32.2. The Morgan fingerprint density at radius 1 is 1.08 bits per heavy atom. The lowest BCUT2D eigenvalue weighted by atomic mass is 9.81. The number of hydrogen-bond acceptors (Lipinski definition) is 4. The number of anilines is 1. The van der Waals surface area contributed by atoms with Crippen LogP contribution in [0.2, 0.25) is 0 Å². The van der Waals surface area contributed by atoms with Crippen LogP contribution in [0.3, 0.4) is 0 Å². The number of rotatable bonds is 3. The number of carbonyl (C=O) groups is 1. The lowest BCUT2D eigenvalue weighted by molar-refractivity contribution is -0.122.